The number of ether oxygens (including phenoxy) is 1. The van der Waals surface area contributed by atoms with Gasteiger partial charge in [0, 0.05) is 38.3 Å². The zero-order valence-electron chi connectivity index (χ0n) is 9.93. The lowest BCUT2D eigenvalue weighted by Crippen LogP contribution is -2.51. The Hall–Kier alpha value is -1.39. The van der Waals surface area contributed by atoms with Gasteiger partial charge in [-0.15, -0.1) is 0 Å². The minimum Gasteiger partial charge on any atom is -0.396 e. The molecular formula is C13H17NO3. The topological polar surface area (TPSA) is 49.8 Å². The maximum absolute atomic E-state index is 12.0. The van der Waals surface area contributed by atoms with E-state index < -0.39 is 0 Å². The molecule has 0 aromatic heterocycles. The van der Waals surface area contributed by atoms with Crippen molar-refractivity contribution in [2.75, 3.05) is 26.8 Å². The standard InChI is InChI=1S/C13H17NO3/c1-17-9-10-2-4-12(5-3-10)13(16)14-6-11(7-14)8-15/h2-5,11,15H,6-9H2,1H3. The number of carbonyl (C=O) groups is 1. The second-order valence-electron chi connectivity index (χ2n) is 4.39. The minimum atomic E-state index is 0.0404. The summed E-state index contributed by atoms with van der Waals surface area (Å²) in [5.74, 6) is 0.297. The lowest BCUT2D eigenvalue weighted by atomic mass is 10.00. The number of rotatable bonds is 4. The fourth-order valence-corrected chi connectivity index (χ4v) is 1.94. The van der Waals surface area contributed by atoms with Crippen LogP contribution in [0.3, 0.4) is 0 Å². The van der Waals surface area contributed by atoms with Crippen LogP contribution >= 0.6 is 0 Å². The Bertz CT molecular complexity index is 382. The molecule has 1 saturated heterocycles. The Morgan fingerprint density at radius 3 is 2.59 bits per heavy atom. The van der Waals surface area contributed by atoms with Gasteiger partial charge in [-0.3, -0.25) is 4.79 Å². The molecule has 1 fully saturated rings. The lowest BCUT2D eigenvalue weighted by molar-refractivity contribution is 0.0362. The van der Waals surface area contributed by atoms with Gasteiger partial charge in [-0.1, -0.05) is 12.1 Å². The van der Waals surface area contributed by atoms with Crippen molar-refractivity contribution in [1.82, 2.24) is 4.90 Å². The molecule has 0 spiro atoms. The molecule has 4 heteroatoms. The number of amides is 1. The SMILES string of the molecule is COCc1ccc(C(=O)N2CC(CO)C2)cc1. The number of methoxy groups -OCH3 is 1. The van der Waals surface area contributed by atoms with Gasteiger partial charge >= 0.3 is 0 Å². The predicted molar refractivity (Wildman–Crippen MR) is 63.6 cm³/mol. The van der Waals surface area contributed by atoms with E-state index in [0.29, 0.717) is 25.3 Å². The van der Waals surface area contributed by atoms with Crippen molar-refractivity contribution in [3.8, 4) is 0 Å². The van der Waals surface area contributed by atoms with Gasteiger partial charge in [0.05, 0.1) is 6.61 Å². The molecule has 1 aliphatic rings. The lowest BCUT2D eigenvalue weighted by Gasteiger charge is -2.38. The fraction of sp³-hybridized carbons (Fsp3) is 0.462. The van der Waals surface area contributed by atoms with Crippen molar-refractivity contribution in [1.29, 1.82) is 0 Å². The Morgan fingerprint density at radius 2 is 2.06 bits per heavy atom. The van der Waals surface area contributed by atoms with Gasteiger partial charge in [0.2, 0.25) is 0 Å². The van der Waals surface area contributed by atoms with Crippen LogP contribution in [-0.2, 0) is 11.3 Å². The zero-order chi connectivity index (χ0) is 12.3. The molecule has 17 heavy (non-hydrogen) atoms. The molecular weight excluding hydrogens is 218 g/mol. The maximum Gasteiger partial charge on any atom is 0.253 e. The Labute approximate surface area is 101 Å². The van der Waals surface area contributed by atoms with Gasteiger partial charge in [0.1, 0.15) is 0 Å². The molecule has 1 aromatic rings. The number of nitrogens with zero attached hydrogens (tertiary/aromatic N) is 1. The number of hydrogen-bond acceptors (Lipinski definition) is 3. The van der Waals surface area contributed by atoms with Gasteiger partial charge in [-0.25, -0.2) is 0 Å². The van der Waals surface area contributed by atoms with Crippen LogP contribution in [0.25, 0.3) is 0 Å². The summed E-state index contributed by atoms with van der Waals surface area (Å²) < 4.78 is 5.01. The molecule has 0 saturated carbocycles. The summed E-state index contributed by atoms with van der Waals surface area (Å²) in [5, 5.41) is 8.90. The van der Waals surface area contributed by atoms with Gasteiger partial charge in [-0.05, 0) is 17.7 Å². The van der Waals surface area contributed by atoms with Crippen LogP contribution in [0, 0.1) is 5.92 Å². The molecule has 0 radical (unpaired) electrons. The molecule has 92 valence electrons. The monoisotopic (exact) mass is 235 g/mol. The van der Waals surface area contributed by atoms with Gasteiger partial charge in [-0.2, -0.15) is 0 Å². The van der Waals surface area contributed by atoms with Crippen LogP contribution in [0.4, 0.5) is 0 Å². The van der Waals surface area contributed by atoms with Crippen LogP contribution in [0.2, 0.25) is 0 Å². The first-order valence-corrected chi connectivity index (χ1v) is 5.72. The van der Waals surface area contributed by atoms with E-state index in [9.17, 15) is 4.79 Å². The molecule has 0 unspecified atom stereocenters. The summed E-state index contributed by atoms with van der Waals surface area (Å²) in [6.07, 6.45) is 0. The van der Waals surface area contributed by atoms with Crippen molar-refractivity contribution in [2.24, 2.45) is 5.92 Å². The zero-order valence-corrected chi connectivity index (χ0v) is 9.93. The maximum atomic E-state index is 12.0. The van der Waals surface area contributed by atoms with Crippen LogP contribution in [0.1, 0.15) is 15.9 Å². The van der Waals surface area contributed by atoms with Gasteiger partial charge in [0.15, 0.2) is 0 Å². The first kappa shape index (κ1) is 12.1. The van der Waals surface area contributed by atoms with E-state index in [-0.39, 0.29) is 18.4 Å². The number of likely N-dealkylation sites (tertiary alicyclic amines) is 1. The Kier molecular flexibility index (Phi) is 3.76. The van der Waals surface area contributed by atoms with Crippen molar-refractivity contribution in [2.45, 2.75) is 6.61 Å². The third-order valence-corrected chi connectivity index (χ3v) is 3.01. The molecule has 1 heterocycles. The number of aliphatic hydroxyl groups is 1. The minimum absolute atomic E-state index is 0.0404. The van der Waals surface area contributed by atoms with E-state index in [1.165, 1.54) is 0 Å². The van der Waals surface area contributed by atoms with Gasteiger partial charge < -0.3 is 14.7 Å². The first-order valence-electron chi connectivity index (χ1n) is 5.72. The number of aliphatic hydroxyl groups excluding tert-OH is 1. The van der Waals surface area contributed by atoms with Crippen molar-refractivity contribution in [3.05, 3.63) is 35.4 Å². The molecule has 1 aliphatic heterocycles. The smallest absolute Gasteiger partial charge is 0.253 e. The van der Waals surface area contributed by atoms with Crippen molar-refractivity contribution < 1.29 is 14.6 Å². The molecule has 0 atom stereocenters. The molecule has 0 bridgehead atoms. The highest BCUT2D eigenvalue weighted by Gasteiger charge is 2.30. The van der Waals surface area contributed by atoms with E-state index in [4.69, 9.17) is 9.84 Å². The van der Waals surface area contributed by atoms with Crippen LogP contribution in [-0.4, -0.2) is 42.7 Å². The first-order chi connectivity index (χ1) is 8.24. The largest absolute Gasteiger partial charge is 0.396 e. The highest BCUT2D eigenvalue weighted by atomic mass is 16.5. The van der Waals surface area contributed by atoms with E-state index in [1.54, 1.807) is 12.0 Å². The third-order valence-electron chi connectivity index (χ3n) is 3.01. The predicted octanol–water partition coefficient (Wildman–Crippen LogP) is 0.897. The summed E-state index contributed by atoms with van der Waals surface area (Å²) in [6.45, 7) is 2.05. The molecule has 0 aliphatic carbocycles. The average Bonchev–Trinajstić information content (AvgIpc) is 2.29. The van der Waals surface area contributed by atoms with E-state index in [1.807, 2.05) is 24.3 Å². The summed E-state index contributed by atoms with van der Waals surface area (Å²) in [6, 6.07) is 7.45. The second-order valence-corrected chi connectivity index (χ2v) is 4.39. The van der Waals surface area contributed by atoms with Crippen LogP contribution in [0.5, 0.6) is 0 Å². The van der Waals surface area contributed by atoms with Crippen LogP contribution < -0.4 is 0 Å². The normalized spacial score (nSPS) is 15.8. The molecule has 2 rings (SSSR count). The molecule has 1 amide bonds. The van der Waals surface area contributed by atoms with E-state index in [2.05, 4.69) is 0 Å². The third kappa shape index (κ3) is 2.65. The molecule has 1 N–H and O–H groups in total. The summed E-state index contributed by atoms with van der Waals surface area (Å²) in [7, 11) is 1.65. The summed E-state index contributed by atoms with van der Waals surface area (Å²) >= 11 is 0. The van der Waals surface area contributed by atoms with Gasteiger partial charge in [0.25, 0.3) is 5.91 Å². The highest BCUT2D eigenvalue weighted by molar-refractivity contribution is 5.94. The van der Waals surface area contributed by atoms with Crippen molar-refractivity contribution >= 4 is 5.91 Å². The average molecular weight is 235 g/mol. The van der Waals surface area contributed by atoms with E-state index >= 15 is 0 Å². The highest BCUT2D eigenvalue weighted by Crippen LogP contribution is 2.18. The quantitative estimate of drug-likeness (QED) is 0.843. The van der Waals surface area contributed by atoms with Crippen LogP contribution in [0.15, 0.2) is 24.3 Å². The number of benzene rings is 1. The number of carbonyl (C=O) groups excluding carboxylic acids is 1. The second kappa shape index (κ2) is 5.29. The summed E-state index contributed by atoms with van der Waals surface area (Å²) in [5.41, 5.74) is 1.75. The fourth-order valence-electron chi connectivity index (χ4n) is 1.94. The Morgan fingerprint density at radius 1 is 1.41 bits per heavy atom. The molecule has 4 nitrogen and oxygen atoms in total. The molecule has 1 aromatic carbocycles. The van der Waals surface area contributed by atoms with Crippen molar-refractivity contribution in [3.63, 3.8) is 0 Å². The Balaban J connectivity index is 1.96. The van der Waals surface area contributed by atoms with E-state index in [0.717, 1.165) is 5.56 Å². The number of hydrogen-bond donors (Lipinski definition) is 1. The summed E-state index contributed by atoms with van der Waals surface area (Å²) in [4.78, 5) is 13.7.